The lowest BCUT2D eigenvalue weighted by Gasteiger charge is -1.97. The molecule has 7 heteroatoms. The molecule has 0 aliphatic rings. The van der Waals surface area contributed by atoms with Crippen molar-refractivity contribution in [1.82, 2.24) is 0 Å². The molecule has 0 spiro atoms. The first-order chi connectivity index (χ1) is 5.27. The van der Waals surface area contributed by atoms with Gasteiger partial charge in [0.15, 0.2) is 9.84 Å². The van der Waals surface area contributed by atoms with Crippen LogP contribution in [0.1, 0.15) is 0 Å². The molecule has 12 heavy (non-hydrogen) atoms. The molecule has 0 heterocycles. The van der Waals surface area contributed by atoms with Crippen LogP contribution in [0.15, 0.2) is 0 Å². The summed E-state index contributed by atoms with van der Waals surface area (Å²) >= 11 is 0. The molecule has 0 bridgehead atoms. The summed E-state index contributed by atoms with van der Waals surface area (Å²) in [4.78, 5) is 0. The molecule has 0 saturated carbocycles. The van der Waals surface area contributed by atoms with Crippen LogP contribution in [0.4, 0.5) is 0 Å². The summed E-state index contributed by atoms with van der Waals surface area (Å²) < 4.78 is 42.3. The molecule has 0 radical (unpaired) electrons. The molecule has 0 aliphatic heterocycles. The number of sulfone groups is 1. The second-order valence-electron chi connectivity index (χ2n) is 2.16. The van der Waals surface area contributed by atoms with E-state index in [-0.39, 0.29) is 0 Å². The van der Waals surface area contributed by atoms with Crippen LogP contribution in [0.5, 0.6) is 0 Å². The predicted molar refractivity (Wildman–Crippen MR) is 45.5 cm³/mol. The quantitative estimate of drug-likeness (QED) is 0.562. The van der Waals surface area contributed by atoms with E-state index in [1.807, 2.05) is 5.92 Å². The first kappa shape index (κ1) is 11.4. The molecule has 70 valence electrons. The van der Waals surface area contributed by atoms with Crippen LogP contribution in [0.3, 0.4) is 0 Å². The highest BCUT2D eigenvalue weighted by atomic mass is 32.2. The number of sulfonamides is 1. The fourth-order valence-electron chi connectivity index (χ4n) is 0.442. The van der Waals surface area contributed by atoms with Gasteiger partial charge in [-0.3, -0.25) is 0 Å². The van der Waals surface area contributed by atoms with E-state index in [1.165, 1.54) is 0 Å². The topological polar surface area (TPSA) is 94.3 Å². The molecule has 0 aromatic carbocycles. The Kier molecular flexibility index (Phi) is 3.70. The van der Waals surface area contributed by atoms with Crippen LogP contribution < -0.4 is 5.14 Å². The van der Waals surface area contributed by atoms with Gasteiger partial charge in [0.2, 0.25) is 10.0 Å². The Balaban J connectivity index is 4.24. The molecule has 0 saturated heterocycles. The van der Waals surface area contributed by atoms with Crippen molar-refractivity contribution in [1.29, 1.82) is 0 Å². The Morgan fingerprint density at radius 2 is 1.67 bits per heavy atom. The molecular weight excluding hydrogens is 202 g/mol. The zero-order chi connectivity index (χ0) is 9.83. The lowest BCUT2D eigenvalue weighted by molar-refractivity contribution is 0.590. The van der Waals surface area contributed by atoms with Crippen molar-refractivity contribution in [2.75, 3.05) is 17.3 Å². The van der Waals surface area contributed by atoms with Gasteiger partial charge in [-0.05, 0) is 0 Å². The van der Waals surface area contributed by atoms with Gasteiger partial charge in [-0.15, -0.1) is 6.42 Å². The first-order valence-corrected chi connectivity index (χ1v) is 6.45. The molecule has 0 aromatic rings. The Labute approximate surface area is 71.9 Å². The van der Waals surface area contributed by atoms with E-state index in [4.69, 9.17) is 6.42 Å². The van der Waals surface area contributed by atoms with E-state index in [1.54, 1.807) is 0 Å². The number of primary sulfonamides is 1. The largest absolute Gasteiger partial charge is 0.229 e. The van der Waals surface area contributed by atoms with E-state index in [9.17, 15) is 16.8 Å². The standard InChI is InChI=1S/C5H9NO4S2/c1-2-3-11(7,8)4-5-12(6,9)10/h1H,3-5H2,(H2,6,9,10). The fraction of sp³-hybridized carbons (Fsp3) is 0.600. The van der Waals surface area contributed by atoms with E-state index in [0.717, 1.165) is 0 Å². The Morgan fingerprint density at radius 3 is 2.00 bits per heavy atom. The third-order valence-corrected chi connectivity index (χ3v) is 3.45. The maximum Gasteiger partial charge on any atom is 0.210 e. The van der Waals surface area contributed by atoms with Crippen molar-refractivity contribution < 1.29 is 16.8 Å². The highest BCUT2D eigenvalue weighted by molar-refractivity contribution is 7.94. The van der Waals surface area contributed by atoms with Crippen LogP contribution in [0, 0.1) is 12.3 Å². The summed E-state index contributed by atoms with van der Waals surface area (Å²) in [5.74, 6) is 0.361. The van der Waals surface area contributed by atoms with Crippen LogP contribution in [-0.2, 0) is 19.9 Å². The third-order valence-electron chi connectivity index (χ3n) is 0.982. The van der Waals surface area contributed by atoms with Gasteiger partial charge in [0.05, 0.1) is 11.5 Å². The van der Waals surface area contributed by atoms with Crippen molar-refractivity contribution in [2.24, 2.45) is 5.14 Å². The van der Waals surface area contributed by atoms with Gasteiger partial charge >= 0.3 is 0 Å². The minimum atomic E-state index is -3.72. The average molecular weight is 211 g/mol. The Bertz CT molecular complexity index is 372. The average Bonchev–Trinajstić information content (AvgIpc) is 1.83. The maximum absolute atomic E-state index is 10.8. The molecule has 0 aliphatic carbocycles. The second kappa shape index (κ2) is 3.89. The minimum absolute atomic E-state index is 0.456. The zero-order valence-corrected chi connectivity index (χ0v) is 7.86. The van der Waals surface area contributed by atoms with Crippen molar-refractivity contribution in [3.8, 4) is 12.3 Å². The summed E-state index contributed by atoms with van der Waals surface area (Å²) in [6, 6.07) is 0. The first-order valence-electron chi connectivity index (χ1n) is 2.91. The van der Waals surface area contributed by atoms with E-state index >= 15 is 0 Å². The Morgan fingerprint density at radius 1 is 1.17 bits per heavy atom. The van der Waals surface area contributed by atoms with Gasteiger partial charge in [-0.2, -0.15) is 0 Å². The van der Waals surface area contributed by atoms with Crippen LogP contribution in [-0.4, -0.2) is 34.1 Å². The van der Waals surface area contributed by atoms with Crippen LogP contribution in [0.25, 0.3) is 0 Å². The summed E-state index contributed by atoms with van der Waals surface area (Å²) in [5.41, 5.74) is 0. The van der Waals surface area contributed by atoms with Gasteiger partial charge in [0, 0.05) is 0 Å². The molecule has 0 amide bonds. The van der Waals surface area contributed by atoms with E-state index in [2.05, 4.69) is 5.14 Å². The summed E-state index contributed by atoms with van der Waals surface area (Å²) in [5, 5.41) is 4.59. The Hall–Kier alpha value is -0.580. The summed E-state index contributed by atoms with van der Waals surface area (Å²) in [7, 11) is -7.18. The van der Waals surface area contributed by atoms with Gasteiger partial charge < -0.3 is 0 Å². The van der Waals surface area contributed by atoms with E-state index in [0.29, 0.717) is 0 Å². The number of hydrogen-bond acceptors (Lipinski definition) is 4. The lowest BCUT2D eigenvalue weighted by atomic mass is 10.8. The lowest BCUT2D eigenvalue weighted by Crippen LogP contribution is -2.24. The molecule has 0 unspecified atom stereocenters. The van der Waals surface area contributed by atoms with Crippen molar-refractivity contribution in [3.63, 3.8) is 0 Å². The molecule has 0 atom stereocenters. The number of hydrogen-bond donors (Lipinski definition) is 1. The zero-order valence-electron chi connectivity index (χ0n) is 6.23. The van der Waals surface area contributed by atoms with Crippen LogP contribution >= 0.6 is 0 Å². The van der Waals surface area contributed by atoms with E-state index < -0.39 is 37.1 Å². The summed E-state index contributed by atoms with van der Waals surface area (Å²) in [6.45, 7) is 0. The number of terminal acetylenes is 1. The summed E-state index contributed by atoms with van der Waals surface area (Å²) in [6.07, 6.45) is 4.74. The third kappa shape index (κ3) is 6.15. The number of nitrogens with two attached hydrogens (primary N) is 1. The fourth-order valence-corrected chi connectivity index (χ4v) is 2.79. The molecule has 5 nitrogen and oxygen atoms in total. The normalized spacial score (nSPS) is 12.3. The second-order valence-corrected chi connectivity index (χ2v) is 6.08. The van der Waals surface area contributed by atoms with Crippen LogP contribution in [0.2, 0.25) is 0 Å². The van der Waals surface area contributed by atoms with Crippen molar-refractivity contribution in [3.05, 3.63) is 0 Å². The molecule has 0 fully saturated rings. The van der Waals surface area contributed by atoms with Gasteiger partial charge in [0.1, 0.15) is 5.75 Å². The molecule has 0 rings (SSSR count). The van der Waals surface area contributed by atoms with Gasteiger partial charge in [-0.1, -0.05) is 5.92 Å². The highest BCUT2D eigenvalue weighted by Gasteiger charge is 2.13. The molecular formula is C5H9NO4S2. The van der Waals surface area contributed by atoms with Gasteiger partial charge in [0.25, 0.3) is 0 Å². The monoisotopic (exact) mass is 211 g/mol. The smallest absolute Gasteiger partial charge is 0.210 e. The molecule has 2 N–H and O–H groups in total. The highest BCUT2D eigenvalue weighted by Crippen LogP contribution is 1.90. The predicted octanol–water partition coefficient (Wildman–Crippen LogP) is -1.68. The number of rotatable bonds is 4. The molecule has 0 aromatic heterocycles. The SMILES string of the molecule is C#CCS(=O)(=O)CCS(N)(=O)=O. The van der Waals surface area contributed by atoms with Crippen molar-refractivity contribution >= 4 is 19.9 Å². The van der Waals surface area contributed by atoms with Crippen molar-refractivity contribution in [2.45, 2.75) is 0 Å². The van der Waals surface area contributed by atoms with Gasteiger partial charge in [-0.25, -0.2) is 22.0 Å². The minimum Gasteiger partial charge on any atom is -0.229 e. The maximum atomic E-state index is 10.8.